The Bertz CT molecular complexity index is 904. The minimum atomic E-state index is -0.760. The lowest BCUT2D eigenvalue weighted by molar-refractivity contribution is -0.000247. The number of amides is 2. The van der Waals surface area contributed by atoms with Gasteiger partial charge in [0.05, 0.1) is 12.2 Å². The summed E-state index contributed by atoms with van der Waals surface area (Å²) in [5, 5.41) is 6.54. The smallest absolute Gasteiger partial charge is 0.420 e. The molecule has 1 aromatic carbocycles. The van der Waals surface area contributed by atoms with E-state index in [1.165, 1.54) is 0 Å². The fourth-order valence-electron chi connectivity index (χ4n) is 2.74. The van der Waals surface area contributed by atoms with E-state index in [-0.39, 0.29) is 6.54 Å². The summed E-state index contributed by atoms with van der Waals surface area (Å²) in [4.78, 5) is 30.9. The lowest BCUT2D eigenvalue weighted by atomic mass is 10.2. The summed E-state index contributed by atoms with van der Waals surface area (Å²) in [7, 11) is 0. The van der Waals surface area contributed by atoms with Crippen LogP contribution < -0.4 is 10.6 Å². The number of imide groups is 1. The second kappa shape index (κ2) is 10.3. The van der Waals surface area contributed by atoms with E-state index in [1.54, 1.807) is 47.7 Å². The quantitative estimate of drug-likeness (QED) is 0.573. The monoisotopic (exact) mass is 442 g/mol. The van der Waals surface area contributed by atoms with Gasteiger partial charge < -0.3 is 20.1 Å². The molecule has 8 nitrogen and oxygen atoms in total. The topological polar surface area (TPSA) is 92.8 Å². The zero-order valence-corrected chi connectivity index (χ0v) is 20.0. The van der Waals surface area contributed by atoms with Crippen LogP contribution in [0.25, 0.3) is 0 Å². The first kappa shape index (κ1) is 25.0. The van der Waals surface area contributed by atoms with Crippen molar-refractivity contribution in [1.82, 2.24) is 9.88 Å². The van der Waals surface area contributed by atoms with Gasteiger partial charge in [-0.2, -0.15) is 0 Å². The van der Waals surface area contributed by atoms with E-state index in [0.717, 1.165) is 28.4 Å². The second-order valence-electron chi connectivity index (χ2n) is 9.30. The number of rotatable bonds is 6. The van der Waals surface area contributed by atoms with Crippen LogP contribution in [-0.2, 0) is 16.0 Å². The molecular weight excluding hydrogens is 408 g/mol. The summed E-state index contributed by atoms with van der Waals surface area (Å²) in [6.07, 6.45) is 0.188. The molecule has 0 saturated heterocycles. The van der Waals surface area contributed by atoms with Crippen molar-refractivity contribution in [3.63, 3.8) is 0 Å². The number of aromatic nitrogens is 1. The number of ether oxygens (including phenoxy) is 2. The molecule has 8 heteroatoms. The Balaban J connectivity index is 2.26. The van der Waals surface area contributed by atoms with Gasteiger partial charge >= 0.3 is 12.2 Å². The van der Waals surface area contributed by atoms with E-state index in [2.05, 4.69) is 15.6 Å². The number of nitrogens with one attached hydrogen (secondary N) is 2. The first-order valence-corrected chi connectivity index (χ1v) is 10.7. The van der Waals surface area contributed by atoms with Gasteiger partial charge in [-0.25, -0.2) is 19.5 Å². The summed E-state index contributed by atoms with van der Waals surface area (Å²) in [5.74, 6) is 0.683. The average Bonchev–Trinajstić information content (AvgIpc) is 2.65. The second-order valence-corrected chi connectivity index (χ2v) is 9.30. The summed E-state index contributed by atoms with van der Waals surface area (Å²) in [6.45, 7) is 13.3. The standard InChI is InChI=1S/C24H34N4O4/c1-8-25-19-13-10-14-26-20(19)27-18-12-9-11-17(15-18)16-28(21(29)31-23(2,3)4)22(30)32-24(5,6)7/h9-15,25H,8,16H2,1-7H3,(H,26,27). The molecule has 174 valence electrons. The molecule has 0 spiro atoms. The van der Waals surface area contributed by atoms with Crippen molar-refractivity contribution in [2.45, 2.75) is 66.2 Å². The van der Waals surface area contributed by atoms with Crippen LogP contribution in [0.1, 0.15) is 54.0 Å². The summed E-state index contributed by atoms with van der Waals surface area (Å²) < 4.78 is 10.9. The van der Waals surface area contributed by atoms with Crippen LogP contribution in [0.5, 0.6) is 0 Å². The molecule has 0 fully saturated rings. The van der Waals surface area contributed by atoms with Crippen molar-refractivity contribution >= 4 is 29.4 Å². The Hall–Kier alpha value is -3.29. The normalized spacial score (nSPS) is 11.5. The van der Waals surface area contributed by atoms with Crippen molar-refractivity contribution in [3.05, 3.63) is 48.2 Å². The highest BCUT2D eigenvalue weighted by Crippen LogP contribution is 2.24. The number of hydrogen-bond donors (Lipinski definition) is 2. The van der Waals surface area contributed by atoms with E-state index < -0.39 is 23.4 Å². The van der Waals surface area contributed by atoms with Crippen LogP contribution in [-0.4, -0.2) is 39.8 Å². The zero-order valence-electron chi connectivity index (χ0n) is 20.0. The number of hydrogen-bond acceptors (Lipinski definition) is 7. The molecule has 1 aromatic heterocycles. The predicted octanol–water partition coefficient (Wildman–Crippen LogP) is 5.93. The van der Waals surface area contributed by atoms with Gasteiger partial charge in [-0.05, 0) is 78.3 Å². The van der Waals surface area contributed by atoms with E-state index in [0.29, 0.717) is 5.82 Å². The summed E-state index contributed by atoms with van der Waals surface area (Å²) in [6, 6.07) is 11.2. The molecule has 0 atom stereocenters. The lowest BCUT2D eigenvalue weighted by Crippen LogP contribution is -2.43. The number of anilines is 3. The van der Waals surface area contributed by atoms with Gasteiger partial charge in [-0.15, -0.1) is 0 Å². The Morgan fingerprint density at radius 1 is 0.969 bits per heavy atom. The molecule has 0 aliphatic rings. The third kappa shape index (κ3) is 8.09. The van der Waals surface area contributed by atoms with Gasteiger partial charge in [-0.1, -0.05) is 12.1 Å². The van der Waals surface area contributed by atoms with E-state index in [4.69, 9.17) is 9.47 Å². The molecular formula is C24H34N4O4. The van der Waals surface area contributed by atoms with Crippen molar-refractivity contribution in [1.29, 1.82) is 0 Å². The molecule has 2 amide bonds. The highest BCUT2D eigenvalue weighted by molar-refractivity contribution is 5.88. The van der Waals surface area contributed by atoms with Gasteiger partial charge in [-0.3, -0.25) is 0 Å². The molecule has 0 aliphatic heterocycles. The predicted molar refractivity (Wildman–Crippen MR) is 126 cm³/mol. The van der Waals surface area contributed by atoms with Crippen LogP contribution in [0.3, 0.4) is 0 Å². The number of nitrogens with zero attached hydrogens (tertiary/aromatic N) is 2. The largest absolute Gasteiger partial charge is 0.443 e. The molecule has 1 heterocycles. The van der Waals surface area contributed by atoms with Crippen LogP contribution in [0.2, 0.25) is 0 Å². The molecule has 2 aromatic rings. The van der Waals surface area contributed by atoms with Gasteiger partial charge in [0.2, 0.25) is 0 Å². The van der Waals surface area contributed by atoms with Crippen LogP contribution in [0, 0.1) is 0 Å². The SMILES string of the molecule is CCNc1cccnc1Nc1cccc(CN(C(=O)OC(C)(C)C)C(=O)OC(C)(C)C)c1. The van der Waals surface area contributed by atoms with Crippen LogP contribution >= 0.6 is 0 Å². The molecule has 2 rings (SSSR count). The Morgan fingerprint density at radius 2 is 1.59 bits per heavy atom. The highest BCUT2D eigenvalue weighted by atomic mass is 16.6. The van der Waals surface area contributed by atoms with E-state index in [9.17, 15) is 9.59 Å². The minimum absolute atomic E-state index is 0.00162. The highest BCUT2D eigenvalue weighted by Gasteiger charge is 2.31. The number of pyridine rings is 1. The summed E-state index contributed by atoms with van der Waals surface area (Å²) >= 11 is 0. The minimum Gasteiger partial charge on any atom is -0.443 e. The number of benzene rings is 1. The Kier molecular flexibility index (Phi) is 8.08. The lowest BCUT2D eigenvalue weighted by Gasteiger charge is -2.28. The molecule has 2 N–H and O–H groups in total. The van der Waals surface area contributed by atoms with Crippen molar-refractivity contribution in [2.75, 3.05) is 17.2 Å². The van der Waals surface area contributed by atoms with Crippen LogP contribution in [0.15, 0.2) is 42.6 Å². The Morgan fingerprint density at radius 3 is 2.16 bits per heavy atom. The Labute approximate surface area is 190 Å². The first-order valence-electron chi connectivity index (χ1n) is 10.7. The number of carbonyl (C=O) groups excluding carboxylic acids is 2. The maximum atomic E-state index is 12.8. The molecule has 32 heavy (non-hydrogen) atoms. The van der Waals surface area contributed by atoms with Crippen molar-refractivity contribution in [3.8, 4) is 0 Å². The maximum Gasteiger partial charge on any atom is 0.420 e. The fourth-order valence-corrected chi connectivity index (χ4v) is 2.74. The molecule has 0 bridgehead atoms. The van der Waals surface area contributed by atoms with Crippen LogP contribution in [0.4, 0.5) is 26.8 Å². The third-order valence-electron chi connectivity index (χ3n) is 3.93. The molecule has 0 aliphatic carbocycles. The zero-order chi connectivity index (χ0) is 23.9. The molecule has 0 unspecified atom stereocenters. The summed E-state index contributed by atoms with van der Waals surface area (Å²) in [5.41, 5.74) is 0.885. The van der Waals surface area contributed by atoms with Gasteiger partial charge in [0, 0.05) is 18.4 Å². The molecule has 0 saturated carbocycles. The third-order valence-corrected chi connectivity index (χ3v) is 3.93. The van der Waals surface area contributed by atoms with E-state index in [1.807, 2.05) is 43.3 Å². The number of carbonyl (C=O) groups is 2. The first-order chi connectivity index (χ1) is 14.9. The van der Waals surface area contributed by atoms with Gasteiger partial charge in [0.15, 0.2) is 5.82 Å². The fraction of sp³-hybridized carbons (Fsp3) is 0.458. The average molecular weight is 443 g/mol. The maximum absolute atomic E-state index is 12.8. The van der Waals surface area contributed by atoms with E-state index >= 15 is 0 Å². The van der Waals surface area contributed by atoms with Crippen molar-refractivity contribution in [2.24, 2.45) is 0 Å². The molecule has 0 radical (unpaired) electrons. The van der Waals surface area contributed by atoms with Crippen molar-refractivity contribution < 1.29 is 19.1 Å². The van der Waals surface area contributed by atoms with Gasteiger partial charge in [0.25, 0.3) is 0 Å². The van der Waals surface area contributed by atoms with Gasteiger partial charge in [0.1, 0.15) is 11.2 Å².